The van der Waals surface area contributed by atoms with Gasteiger partial charge in [-0.2, -0.15) is 0 Å². The molecule has 0 unspecified atom stereocenters. The SMILES string of the molecule is CCc1ccc(C=CC=C(C)C)cc1. The fourth-order valence-electron chi connectivity index (χ4n) is 1.22. The maximum absolute atomic E-state index is 2.18. The lowest BCUT2D eigenvalue weighted by molar-refractivity contribution is 1.14. The summed E-state index contributed by atoms with van der Waals surface area (Å²) in [5.74, 6) is 0. The molecule has 0 nitrogen and oxygen atoms in total. The summed E-state index contributed by atoms with van der Waals surface area (Å²) < 4.78 is 0. The third kappa shape index (κ3) is 3.61. The number of rotatable bonds is 3. The highest BCUT2D eigenvalue weighted by atomic mass is 13.9. The van der Waals surface area contributed by atoms with Crippen molar-refractivity contribution in [3.05, 3.63) is 53.1 Å². The van der Waals surface area contributed by atoms with Crippen molar-refractivity contribution in [3.8, 4) is 0 Å². The van der Waals surface area contributed by atoms with Crippen LogP contribution in [0.3, 0.4) is 0 Å². The molecule has 0 saturated carbocycles. The molecule has 0 aliphatic rings. The number of hydrogen-bond acceptors (Lipinski definition) is 0. The van der Waals surface area contributed by atoms with E-state index in [1.54, 1.807) is 0 Å². The topological polar surface area (TPSA) is 0 Å². The summed E-state index contributed by atoms with van der Waals surface area (Å²) in [4.78, 5) is 0. The Hall–Kier alpha value is -1.30. The van der Waals surface area contributed by atoms with Crippen LogP contribution in [0.1, 0.15) is 31.9 Å². The monoisotopic (exact) mass is 186 g/mol. The summed E-state index contributed by atoms with van der Waals surface area (Å²) in [5.41, 5.74) is 3.98. The van der Waals surface area contributed by atoms with Crippen LogP contribution >= 0.6 is 0 Å². The molecule has 0 radical (unpaired) electrons. The maximum Gasteiger partial charge on any atom is -0.0256 e. The Morgan fingerprint density at radius 2 is 1.79 bits per heavy atom. The molecule has 0 heteroatoms. The third-order valence-corrected chi connectivity index (χ3v) is 2.11. The normalized spacial score (nSPS) is 10.5. The molecule has 0 amide bonds. The molecule has 74 valence electrons. The summed E-state index contributed by atoms with van der Waals surface area (Å²) in [5, 5.41) is 0. The zero-order chi connectivity index (χ0) is 10.4. The van der Waals surface area contributed by atoms with Gasteiger partial charge >= 0.3 is 0 Å². The van der Waals surface area contributed by atoms with Crippen molar-refractivity contribution in [2.45, 2.75) is 27.2 Å². The summed E-state index contributed by atoms with van der Waals surface area (Å²) in [6.07, 6.45) is 7.45. The van der Waals surface area contributed by atoms with Crippen molar-refractivity contribution in [3.63, 3.8) is 0 Å². The van der Waals surface area contributed by atoms with Gasteiger partial charge in [0.15, 0.2) is 0 Å². The molecule has 0 fully saturated rings. The van der Waals surface area contributed by atoms with Gasteiger partial charge in [0.05, 0.1) is 0 Å². The van der Waals surface area contributed by atoms with Crippen molar-refractivity contribution in [2.75, 3.05) is 0 Å². The molecule has 0 saturated heterocycles. The summed E-state index contributed by atoms with van der Waals surface area (Å²) in [7, 11) is 0. The first kappa shape index (κ1) is 10.8. The van der Waals surface area contributed by atoms with Crippen LogP contribution in [0.2, 0.25) is 0 Å². The van der Waals surface area contributed by atoms with Crippen molar-refractivity contribution in [1.29, 1.82) is 0 Å². The molecule has 0 heterocycles. The van der Waals surface area contributed by atoms with E-state index in [4.69, 9.17) is 0 Å². The number of aryl methyl sites for hydroxylation is 1. The van der Waals surface area contributed by atoms with Gasteiger partial charge < -0.3 is 0 Å². The van der Waals surface area contributed by atoms with E-state index in [2.05, 4.69) is 63.3 Å². The fraction of sp³-hybridized carbons (Fsp3) is 0.286. The van der Waals surface area contributed by atoms with E-state index < -0.39 is 0 Å². The Balaban J connectivity index is 2.69. The molecule has 14 heavy (non-hydrogen) atoms. The molecule has 1 aromatic carbocycles. The Kier molecular flexibility index (Phi) is 4.18. The predicted octanol–water partition coefficient (Wildman–Crippen LogP) is 4.23. The molecular weight excluding hydrogens is 168 g/mol. The van der Waals surface area contributed by atoms with E-state index in [1.807, 2.05) is 0 Å². The van der Waals surface area contributed by atoms with E-state index in [0.717, 1.165) is 6.42 Å². The average Bonchev–Trinajstić information content (AvgIpc) is 2.18. The fourth-order valence-corrected chi connectivity index (χ4v) is 1.22. The van der Waals surface area contributed by atoms with E-state index >= 15 is 0 Å². The first-order valence-electron chi connectivity index (χ1n) is 5.13. The zero-order valence-electron chi connectivity index (χ0n) is 9.25. The number of allylic oxidation sites excluding steroid dienone is 3. The van der Waals surface area contributed by atoms with E-state index in [0.29, 0.717) is 0 Å². The molecular formula is C14H18. The van der Waals surface area contributed by atoms with Gasteiger partial charge in [-0.25, -0.2) is 0 Å². The highest BCUT2D eigenvalue weighted by Gasteiger charge is 1.87. The van der Waals surface area contributed by atoms with Gasteiger partial charge in [-0.05, 0) is 31.4 Å². The molecule has 0 aliphatic heterocycles. The lowest BCUT2D eigenvalue weighted by Crippen LogP contribution is -1.78. The van der Waals surface area contributed by atoms with Crippen LogP contribution < -0.4 is 0 Å². The molecule has 0 atom stereocenters. The minimum absolute atomic E-state index is 1.11. The summed E-state index contributed by atoms with van der Waals surface area (Å²) in [6, 6.07) is 8.69. The van der Waals surface area contributed by atoms with Gasteiger partial charge in [-0.1, -0.05) is 55.0 Å². The van der Waals surface area contributed by atoms with Gasteiger partial charge in [0.25, 0.3) is 0 Å². The Morgan fingerprint density at radius 3 is 2.29 bits per heavy atom. The number of hydrogen-bond donors (Lipinski definition) is 0. The first-order valence-corrected chi connectivity index (χ1v) is 5.13. The Bertz CT molecular complexity index is 322. The quantitative estimate of drug-likeness (QED) is 0.620. The Labute approximate surface area is 87.0 Å². The average molecular weight is 186 g/mol. The van der Waals surface area contributed by atoms with E-state index in [9.17, 15) is 0 Å². The first-order chi connectivity index (χ1) is 6.72. The summed E-state index contributed by atoms with van der Waals surface area (Å²) in [6.45, 7) is 6.38. The molecule has 0 aromatic heterocycles. The molecule has 1 rings (SSSR count). The smallest absolute Gasteiger partial charge is 0.0256 e. The van der Waals surface area contributed by atoms with Gasteiger partial charge in [0.1, 0.15) is 0 Å². The van der Waals surface area contributed by atoms with Crippen LogP contribution in [0.25, 0.3) is 6.08 Å². The highest BCUT2D eigenvalue weighted by Crippen LogP contribution is 2.06. The lowest BCUT2D eigenvalue weighted by atomic mass is 10.1. The Morgan fingerprint density at radius 1 is 1.14 bits per heavy atom. The maximum atomic E-state index is 2.18. The molecule has 0 spiro atoms. The molecule has 0 bridgehead atoms. The van der Waals surface area contributed by atoms with Gasteiger partial charge in [-0.15, -0.1) is 0 Å². The standard InChI is InChI=1S/C14H18/c1-4-13-8-10-14(11-9-13)7-5-6-12(2)3/h5-11H,4H2,1-3H3. The minimum atomic E-state index is 1.11. The second-order valence-electron chi connectivity index (χ2n) is 3.70. The zero-order valence-corrected chi connectivity index (χ0v) is 9.25. The van der Waals surface area contributed by atoms with Crippen molar-refractivity contribution in [2.24, 2.45) is 0 Å². The van der Waals surface area contributed by atoms with Crippen LogP contribution in [0, 0.1) is 0 Å². The van der Waals surface area contributed by atoms with Crippen LogP contribution in [0.5, 0.6) is 0 Å². The van der Waals surface area contributed by atoms with Crippen LogP contribution in [-0.4, -0.2) is 0 Å². The third-order valence-electron chi connectivity index (χ3n) is 2.11. The largest absolute Gasteiger partial charge is 0.0764 e. The van der Waals surface area contributed by atoms with Gasteiger partial charge in [0.2, 0.25) is 0 Å². The summed E-state index contributed by atoms with van der Waals surface area (Å²) >= 11 is 0. The van der Waals surface area contributed by atoms with Crippen LogP contribution in [0.4, 0.5) is 0 Å². The second kappa shape index (κ2) is 5.43. The second-order valence-corrected chi connectivity index (χ2v) is 3.70. The van der Waals surface area contributed by atoms with E-state index in [1.165, 1.54) is 16.7 Å². The van der Waals surface area contributed by atoms with E-state index in [-0.39, 0.29) is 0 Å². The van der Waals surface area contributed by atoms with Crippen molar-refractivity contribution >= 4 is 6.08 Å². The highest BCUT2D eigenvalue weighted by molar-refractivity contribution is 5.51. The van der Waals surface area contributed by atoms with Crippen LogP contribution in [0.15, 0.2) is 42.0 Å². The van der Waals surface area contributed by atoms with Crippen molar-refractivity contribution in [1.82, 2.24) is 0 Å². The predicted molar refractivity (Wildman–Crippen MR) is 64.3 cm³/mol. The molecule has 0 N–H and O–H groups in total. The van der Waals surface area contributed by atoms with Crippen LogP contribution in [-0.2, 0) is 6.42 Å². The number of benzene rings is 1. The molecule has 1 aromatic rings. The molecule has 0 aliphatic carbocycles. The van der Waals surface area contributed by atoms with Gasteiger partial charge in [-0.3, -0.25) is 0 Å². The van der Waals surface area contributed by atoms with Gasteiger partial charge in [0, 0.05) is 0 Å². The lowest BCUT2D eigenvalue weighted by Gasteiger charge is -1.96. The minimum Gasteiger partial charge on any atom is -0.0764 e. The van der Waals surface area contributed by atoms with Crippen molar-refractivity contribution < 1.29 is 0 Å².